The highest BCUT2D eigenvalue weighted by atomic mass is 35.5. The van der Waals surface area contributed by atoms with Crippen molar-refractivity contribution >= 4 is 24.8 Å². The van der Waals surface area contributed by atoms with Crippen LogP contribution in [0.1, 0.15) is 0 Å². The summed E-state index contributed by atoms with van der Waals surface area (Å²) in [5, 5.41) is 11.3. The largest absolute Gasteiger partial charge is 0.390 e. The van der Waals surface area contributed by atoms with Crippen LogP contribution in [0, 0.1) is 0 Å². The zero-order chi connectivity index (χ0) is 3.70. The van der Waals surface area contributed by atoms with Gasteiger partial charge >= 0.3 is 0 Å². The van der Waals surface area contributed by atoms with Gasteiger partial charge in [0.15, 0.2) is 0 Å². The molecule has 2 N–H and O–H groups in total. The highest BCUT2D eigenvalue weighted by Gasteiger charge is 2.10. The number of hydrogen-bond acceptors (Lipinski definition) is 2. The van der Waals surface area contributed by atoms with E-state index in [0.29, 0.717) is 0 Å². The van der Waals surface area contributed by atoms with Gasteiger partial charge in [-0.2, -0.15) is 0 Å². The van der Waals surface area contributed by atoms with Gasteiger partial charge in [-0.3, -0.25) is 0 Å². The van der Waals surface area contributed by atoms with E-state index in [-0.39, 0.29) is 30.9 Å². The number of nitrogens with one attached hydrogen (secondary N) is 1. The average Bonchev–Trinajstić information content (AvgIpc) is 1.30. The monoisotopic (exact) mass is 145 g/mol. The van der Waals surface area contributed by atoms with Gasteiger partial charge in [0.25, 0.3) is 0 Å². The Labute approximate surface area is 55.1 Å². The molecule has 1 saturated heterocycles. The van der Waals surface area contributed by atoms with Gasteiger partial charge in [-0.05, 0) is 0 Å². The molecule has 0 radical (unpaired) electrons. The molecule has 46 valence electrons. The highest BCUT2D eigenvalue weighted by Crippen LogP contribution is 1.85. The molecule has 7 heavy (non-hydrogen) atoms. The van der Waals surface area contributed by atoms with Crippen molar-refractivity contribution in [3.8, 4) is 0 Å². The van der Waals surface area contributed by atoms with Crippen LogP contribution in [0.5, 0.6) is 0 Å². The molecule has 1 rings (SSSR count). The first-order valence-electron chi connectivity index (χ1n) is 1.78. The molecule has 0 aliphatic carbocycles. The summed E-state index contributed by atoms with van der Waals surface area (Å²) in [5.74, 6) is 0. The molecule has 1 aliphatic heterocycles. The number of aliphatic hydroxyl groups is 1. The highest BCUT2D eigenvalue weighted by molar-refractivity contribution is 5.85. The normalized spacial score (nSPS) is 18.4. The van der Waals surface area contributed by atoms with Crippen LogP contribution in [-0.2, 0) is 0 Å². The maximum Gasteiger partial charge on any atom is 0.0788 e. The second-order valence-electron chi connectivity index (χ2n) is 1.31. The fourth-order valence-corrected chi connectivity index (χ4v) is 0.273. The Bertz CT molecular complexity index is 39.9. The summed E-state index contributed by atoms with van der Waals surface area (Å²) < 4.78 is 0. The molecular weight excluding hydrogens is 137 g/mol. The van der Waals surface area contributed by atoms with Gasteiger partial charge in [0.1, 0.15) is 0 Å². The van der Waals surface area contributed by atoms with E-state index in [1.807, 2.05) is 0 Å². The summed E-state index contributed by atoms with van der Waals surface area (Å²) >= 11 is 0. The summed E-state index contributed by atoms with van der Waals surface area (Å²) in [7, 11) is 0. The van der Waals surface area contributed by atoms with E-state index in [0.717, 1.165) is 13.1 Å². The molecule has 4 heteroatoms. The van der Waals surface area contributed by atoms with Crippen molar-refractivity contribution in [2.75, 3.05) is 13.1 Å². The number of aliphatic hydroxyl groups excluding tert-OH is 1. The predicted molar refractivity (Wildman–Crippen MR) is 33.4 cm³/mol. The molecule has 0 bridgehead atoms. The van der Waals surface area contributed by atoms with E-state index in [1.165, 1.54) is 0 Å². The van der Waals surface area contributed by atoms with E-state index in [1.54, 1.807) is 0 Å². The van der Waals surface area contributed by atoms with Crippen LogP contribution in [0.3, 0.4) is 0 Å². The molecule has 2 nitrogen and oxygen atoms in total. The zero-order valence-electron chi connectivity index (χ0n) is 3.76. The Kier molecular flexibility index (Phi) is 6.96. The summed E-state index contributed by atoms with van der Waals surface area (Å²) in [6, 6.07) is 0. The first-order chi connectivity index (χ1) is 2.39. The van der Waals surface area contributed by atoms with Crippen LogP contribution in [-0.4, -0.2) is 24.3 Å². The number of β-amino-alcohol motifs (C(OH)–C–C–N with tert-alkyl or cyclic N) is 1. The molecule has 0 saturated carbocycles. The van der Waals surface area contributed by atoms with E-state index >= 15 is 0 Å². The molecular formula is C3H9Cl2NO. The van der Waals surface area contributed by atoms with E-state index in [9.17, 15) is 0 Å². The van der Waals surface area contributed by atoms with Gasteiger partial charge in [0.05, 0.1) is 6.10 Å². The summed E-state index contributed by atoms with van der Waals surface area (Å²) in [5.41, 5.74) is 0. The summed E-state index contributed by atoms with van der Waals surface area (Å²) in [6.07, 6.45) is -0.0463. The molecule has 0 amide bonds. The van der Waals surface area contributed by atoms with Crippen molar-refractivity contribution in [2.45, 2.75) is 6.10 Å². The van der Waals surface area contributed by atoms with Gasteiger partial charge < -0.3 is 10.4 Å². The van der Waals surface area contributed by atoms with Crippen molar-refractivity contribution in [1.29, 1.82) is 0 Å². The number of halogens is 2. The topological polar surface area (TPSA) is 32.3 Å². The van der Waals surface area contributed by atoms with Crippen molar-refractivity contribution in [2.24, 2.45) is 0 Å². The molecule has 1 fully saturated rings. The standard InChI is InChI=1S/C3H7NO.2ClH/c5-3-1-4-2-3;;/h3-5H,1-2H2;2*1H. The van der Waals surface area contributed by atoms with Crippen molar-refractivity contribution < 1.29 is 5.11 Å². The van der Waals surface area contributed by atoms with Crippen LogP contribution in [0.2, 0.25) is 0 Å². The minimum atomic E-state index is -0.0463. The van der Waals surface area contributed by atoms with Crippen molar-refractivity contribution in [3.05, 3.63) is 0 Å². The maximum atomic E-state index is 8.39. The van der Waals surface area contributed by atoms with Crippen molar-refractivity contribution in [3.63, 3.8) is 0 Å². The van der Waals surface area contributed by atoms with Crippen molar-refractivity contribution in [1.82, 2.24) is 5.32 Å². The quantitative estimate of drug-likeness (QED) is 0.495. The third kappa shape index (κ3) is 3.12. The lowest BCUT2D eigenvalue weighted by atomic mass is 10.2. The van der Waals surface area contributed by atoms with Crippen LogP contribution < -0.4 is 5.32 Å². The molecule has 1 aliphatic rings. The Morgan fingerprint density at radius 2 is 1.57 bits per heavy atom. The lowest BCUT2D eigenvalue weighted by molar-refractivity contribution is 0.117. The van der Waals surface area contributed by atoms with Crippen LogP contribution in [0.25, 0.3) is 0 Å². The predicted octanol–water partition coefficient (Wildman–Crippen LogP) is -0.206. The minimum absolute atomic E-state index is 0. The molecule has 0 atom stereocenters. The molecule has 1 heterocycles. The second kappa shape index (κ2) is 4.65. The van der Waals surface area contributed by atoms with Crippen LogP contribution >= 0.6 is 24.8 Å². The SMILES string of the molecule is Cl.Cl.OC1CNC1. The average molecular weight is 146 g/mol. The third-order valence-corrected chi connectivity index (χ3v) is 0.760. The smallest absolute Gasteiger partial charge is 0.0788 e. The molecule has 0 aromatic rings. The molecule has 0 aromatic heterocycles. The van der Waals surface area contributed by atoms with Gasteiger partial charge in [0.2, 0.25) is 0 Å². The Morgan fingerprint density at radius 1 is 1.29 bits per heavy atom. The van der Waals surface area contributed by atoms with Crippen LogP contribution in [0.15, 0.2) is 0 Å². The van der Waals surface area contributed by atoms with E-state index in [2.05, 4.69) is 5.32 Å². The minimum Gasteiger partial charge on any atom is -0.390 e. The Morgan fingerprint density at radius 3 is 1.57 bits per heavy atom. The van der Waals surface area contributed by atoms with Gasteiger partial charge in [-0.1, -0.05) is 0 Å². The van der Waals surface area contributed by atoms with Gasteiger partial charge in [0, 0.05) is 13.1 Å². The fourth-order valence-electron chi connectivity index (χ4n) is 0.273. The lowest BCUT2D eigenvalue weighted by Gasteiger charge is -2.20. The first-order valence-corrected chi connectivity index (χ1v) is 1.78. The number of hydrogen-bond donors (Lipinski definition) is 2. The van der Waals surface area contributed by atoms with Gasteiger partial charge in [-0.25, -0.2) is 0 Å². The molecule has 0 spiro atoms. The fraction of sp³-hybridized carbons (Fsp3) is 1.00. The Hall–Kier alpha value is 0.500. The summed E-state index contributed by atoms with van der Waals surface area (Å²) in [6.45, 7) is 1.58. The molecule has 0 unspecified atom stereocenters. The maximum absolute atomic E-state index is 8.39. The first kappa shape index (κ1) is 10.5. The number of rotatable bonds is 0. The van der Waals surface area contributed by atoms with E-state index in [4.69, 9.17) is 5.11 Å². The third-order valence-electron chi connectivity index (χ3n) is 0.760. The lowest BCUT2D eigenvalue weighted by Crippen LogP contribution is -2.46. The molecule has 0 aromatic carbocycles. The summed E-state index contributed by atoms with van der Waals surface area (Å²) in [4.78, 5) is 0. The van der Waals surface area contributed by atoms with Gasteiger partial charge in [-0.15, -0.1) is 24.8 Å². The van der Waals surface area contributed by atoms with Crippen LogP contribution in [0.4, 0.5) is 0 Å². The Balaban J connectivity index is 0. The second-order valence-corrected chi connectivity index (χ2v) is 1.31. The van der Waals surface area contributed by atoms with E-state index < -0.39 is 0 Å². The zero-order valence-corrected chi connectivity index (χ0v) is 5.39.